The molecule has 17 heavy (non-hydrogen) atoms. The first kappa shape index (κ1) is 13.3. The van der Waals surface area contributed by atoms with Crippen molar-refractivity contribution in [2.45, 2.75) is 37.4 Å². The molecule has 0 aromatic carbocycles. The van der Waals surface area contributed by atoms with Crippen LogP contribution < -0.4 is 5.32 Å². The van der Waals surface area contributed by atoms with Crippen molar-refractivity contribution in [3.8, 4) is 0 Å². The maximum Gasteiger partial charge on any atom is 0.154 e. The minimum absolute atomic E-state index is 0.0564. The molecular weight excluding hydrogens is 238 g/mol. The number of sulfone groups is 1. The smallest absolute Gasteiger partial charge is 0.154 e. The van der Waals surface area contributed by atoms with Crippen LogP contribution in [-0.2, 0) is 14.6 Å². The van der Waals surface area contributed by atoms with Gasteiger partial charge in [-0.05, 0) is 25.2 Å². The zero-order chi connectivity index (χ0) is 12.1. The van der Waals surface area contributed by atoms with Crippen LogP contribution in [-0.4, -0.2) is 45.7 Å². The number of ether oxygens (including phenoxy) is 1. The molecule has 1 saturated heterocycles. The van der Waals surface area contributed by atoms with Crippen LogP contribution in [0, 0.1) is 5.92 Å². The lowest BCUT2D eigenvalue weighted by molar-refractivity contribution is 0.185. The van der Waals surface area contributed by atoms with Crippen LogP contribution in [0.4, 0.5) is 0 Å². The summed E-state index contributed by atoms with van der Waals surface area (Å²) in [5.41, 5.74) is 0. The van der Waals surface area contributed by atoms with Crippen LogP contribution in [0.15, 0.2) is 0 Å². The molecule has 0 radical (unpaired) electrons. The number of rotatable bonds is 6. The van der Waals surface area contributed by atoms with Crippen LogP contribution in [0.25, 0.3) is 0 Å². The van der Waals surface area contributed by atoms with E-state index in [1.165, 1.54) is 0 Å². The highest BCUT2D eigenvalue weighted by molar-refractivity contribution is 7.92. The van der Waals surface area contributed by atoms with E-state index in [0.717, 1.165) is 51.9 Å². The molecule has 0 aromatic rings. The Balaban J connectivity index is 1.63. The Hall–Kier alpha value is -0.130. The lowest BCUT2D eigenvalue weighted by Crippen LogP contribution is -2.31. The SMILES string of the molecule is O=S(=O)(CCNCC1CCOC1)C1CCCC1. The highest BCUT2D eigenvalue weighted by Gasteiger charge is 2.28. The van der Waals surface area contributed by atoms with Crippen molar-refractivity contribution in [1.29, 1.82) is 0 Å². The zero-order valence-electron chi connectivity index (χ0n) is 10.4. The normalized spacial score (nSPS) is 26.7. The maximum atomic E-state index is 12.0. The molecule has 0 aromatic heterocycles. The molecule has 2 aliphatic rings. The van der Waals surface area contributed by atoms with Gasteiger partial charge in [-0.3, -0.25) is 0 Å². The van der Waals surface area contributed by atoms with Crippen molar-refractivity contribution in [2.24, 2.45) is 5.92 Å². The number of hydrogen-bond acceptors (Lipinski definition) is 4. The molecular formula is C12H23NO3S. The fourth-order valence-electron chi connectivity index (χ4n) is 2.68. The summed E-state index contributed by atoms with van der Waals surface area (Å²) < 4.78 is 29.2. The summed E-state index contributed by atoms with van der Waals surface area (Å²) in [5.74, 6) is 0.870. The van der Waals surface area contributed by atoms with Crippen LogP contribution in [0.3, 0.4) is 0 Å². The Morgan fingerprint density at radius 1 is 1.18 bits per heavy atom. The first-order chi connectivity index (χ1) is 8.18. The van der Waals surface area contributed by atoms with E-state index >= 15 is 0 Å². The molecule has 0 amide bonds. The van der Waals surface area contributed by atoms with Crippen molar-refractivity contribution in [3.63, 3.8) is 0 Å². The van der Waals surface area contributed by atoms with Crippen LogP contribution in [0.2, 0.25) is 0 Å². The van der Waals surface area contributed by atoms with Gasteiger partial charge in [-0.2, -0.15) is 0 Å². The third-order valence-electron chi connectivity index (χ3n) is 3.83. The largest absolute Gasteiger partial charge is 0.381 e. The fourth-order valence-corrected chi connectivity index (χ4v) is 4.49. The van der Waals surface area contributed by atoms with Crippen molar-refractivity contribution < 1.29 is 13.2 Å². The van der Waals surface area contributed by atoms with Gasteiger partial charge >= 0.3 is 0 Å². The Labute approximate surface area is 104 Å². The van der Waals surface area contributed by atoms with Gasteiger partial charge in [0.1, 0.15) is 0 Å². The molecule has 1 aliphatic carbocycles. The zero-order valence-corrected chi connectivity index (χ0v) is 11.2. The molecule has 2 rings (SSSR count). The predicted molar refractivity (Wildman–Crippen MR) is 67.8 cm³/mol. The van der Waals surface area contributed by atoms with Crippen molar-refractivity contribution in [1.82, 2.24) is 5.32 Å². The molecule has 1 saturated carbocycles. The Morgan fingerprint density at radius 2 is 1.94 bits per heavy atom. The average Bonchev–Trinajstić information content (AvgIpc) is 2.97. The molecule has 0 spiro atoms. The minimum atomic E-state index is -2.85. The molecule has 4 nitrogen and oxygen atoms in total. The van der Waals surface area contributed by atoms with Gasteiger partial charge in [-0.25, -0.2) is 8.42 Å². The Kier molecular flexibility index (Phi) is 4.82. The van der Waals surface area contributed by atoms with Crippen LogP contribution >= 0.6 is 0 Å². The summed E-state index contributed by atoms with van der Waals surface area (Å²) in [6.07, 6.45) is 5.01. The van der Waals surface area contributed by atoms with Crippen molar-refractivity contribution in [2.75, 3.05) is 32.1 Å². The van der Waals surface area contributed by atoms with E-state index in [9.17, 15) is 8.42 Å². The molecule has 1 atom stereocenters. The monoisotopic (exact) mass is 261 g/mol. The third kappa shape index (κ3) is 3.93. The molecule has 5 heteroatoms. The van der Waals surface area contributed by atoms with Gasteiger partial charge in [0.05, 0.1) is 17.6 Å². The maximum absolute atomic E-state index is 12.0. The molecule has 1 N–H and O–H groups in total. The first-order valence-electron chi connectivity index (χ1n) is 6.68. The second kappa shape index (κ2) is 6.16. The van der Waals surface area contributed by atoms with E-state index in [-0.39, 0.29) is 5.25 Å². The summed E-state index contributed by atoms with van der Waals surface area (Å²) in [5, 5.41) is 3.19. The number of nitrogens with one attached hydrogen (secondary N) is 1. The fraction of sp³-hybridized carbons (Fsp3) is 1.00. The van der Waals surface area contributed by atoms with Gasteiger partial charge in [0.15, 0.2) is 9.84 Å². The Morgan fingerprint density at radius 3 is 2.59 bits per heavy atom. The van der Waals surface area contributed by atoms with Crippen molar-refractivity contribution in [3.05, 3.63) is 0 Å². The third-order valence-corrected chi connectivity index (χ3v) is 6.09. The summed E-state index contributed by atoms with van der Waals surface area (Å²) in [6, 6.07) is 0. The minimum Gasteiger partial charge on any atom is -0.381 e. The molecule has 100 valence electrons. The summed E-state index contributed by atoms with van der Waals surface area (Å²) >= 11 is 0. The summed E-state index contributed by atoms with van der Waals surface area (Å²) in [4.78, 5) is 0. The topological polar surface area (TPSA) is 55.4 Å². The predicted octanol–water partition coefficient (Wildman–Crippen LogP) is 0.970. The van der Waals surface area contributed by atoms with E-state index in [1.807, 2.05) is 0 Å². The van der Waals surface area contributed by atoms with E-state index < -0.39 is 9.84 Å². The van der Waals surface area contributed by atoms with Gasteiger partial charge in [-0.15, -0.1) is 0 Å². The highest BCUT2D eigenvalue weighted by atomic mass is 32.2. The van der Waals surface area contributed by atoms with E-state index in [2.05, 4.69) is 5.32 Å². The van der Waals surface area contributed by atoms with Gasteiger partial charge in [0.25, 0.3) is 0 Å². The standard InChI is InChI=1S/C12H23NO3S/c14-17(15,12-3-1-2-4-12)8-6-13-9-11-5-7-16-10-11/h11-13H,1-10H2. The average molecular weight is 261 g/mol. The van der Waals surface area contributed by atoms with Gasteiger partial charge in [0, 0.05) is 19.7 Å². The summed E-state index contributed by atoms with van der Waals surface area (Å²) in [7, 11) is -2.85. The molecule has 1 unspecified atom stereocenters. The van der Waals surface area contributed by atoms with E-state index in [1.54, 1.807) is 0 Å². The van der Waals surface area contributed by atoms with Gasteiger partial charge in [0.2, 0.25) is 0 Å². The Bertz CT molecular complexity index is 317. The van der Waals surface area contributed by atoms with E-state index in [4.69, 9.17) is 4.74 Å². The molecule has 0 bridgehead atoms. The van der Waals surface area contributed by atoms with Gasteiger partial charge in [-0.1, -0.05) is 12.8 Å². The first-order valence-corrected chi connectivity index (χ1v) is 8.40. The lowest BCUT2D eigenvalue weighted by atomic mass is 10.1. The second-order valence-electron chi connectivity index (χ2n) is 5.21. The van der Waals surface area contributed by atoms with Gasteiger partial charge < -0.3 is 10.1 Å². The summed E-state index contributed by atoms with van der Waals surface area (Å²) in [6.45, 7) is 3.16. The van der Waals surface area contributed by atoms with Crippen molar-refractivity contribution >= 4 is 9.84 Å². The molecule has 2 fully saturated rings. The van der Waals surface area contributed by atoms with Crippen LogP contribution in [0.1, 0.15) is 32.1 Å². The number of hydrogen-bond donors (Lipinski definition) is 1. The highest BCUT2D eigenvalue weighted by Crippen LogP contribution is 2.24. The quantitative estimate of drug-likeness (QED) is 0.724. The lowest BCUT2D eigenvalue weighted by Gasteiger charge is -2.12. The second-order valence-corrected chi connectivity index (χ2v) is 7.61. The molecule has 1 heterocycles. The molecule has 1 aliphatic heterocycles. The van der Waals surface area contributed by atoms with Crippen LogP contribution in [0.5, 0.6) is 0 Å². The van der Waals surface area contributed by atoms with E-state index in [0.29, 0.717) is 18.2 Å².